The van der Waals surface area contributed by atoms with E-state index in [-0.39, 0.29) is 0 Å². The fraction of sp³-hybridized carbons (Fsp3) is 0.600. The van der Waals surface area contributed by atoms with Gasteiger partial charge in [-0.05, 0) is 26.7 Å². The molecule has 2 rings (SSSR count). The number of nitrogens with zero attached hydrogens (tertiary/aromatic N) is 2. The molecule has 1 fully saturated rings. The van der Waals surface area contributed by atoms with Crippen molar-refractivity contribution in [1.29, 1.82) is 0 Å². The van der Waals surface area contributed by atoms with Gasteiger partial charge >= 0.3 is 0 Å². The van der Waals surface area contributed by atoms with Crippen molar-refractivity contribution >= 4 is 23.2 Å². The van der Waals surface area contributed by atoms with E-state index >= 15 is 0 Å². The maximum absolute atomic E-state index is 5.97. The number of rotatable bonds is 1. The standard InChI is InChI=1S/C10H12Cl2N2O/c1-6-7(11)13-9(14-8(6)12)10(2)4-3-5-15-10/h3-5H2,1-2H3. The zero-order valence-corrected chi connectivity index (χ0v) is 10.2. The molecule has 1 aliphatic heterocycles. The molecule has 1 unspecified atom stereocenters. The molecule has 0 amide bonds. The lowest BCUT2D eigenvalue weighted by molar-refractivity contribution is 0.00932. The van der Waals surface area contributed by atoms with Crippen molar-refractivity contribution < 1.29 is 4.74 Å². The Labute approximate surface area is 98.8 Å². The zero-order valence-electron chi connectivity index (χ0n) is 8.68. The Bertz CT molecular complexity index is 366. The van der Waals surface area contributed by atoms with E-state index in [1.807, 2.05) is 6.92 Å². The van der Waals surface area contributed by atoms with Crippen molar-refractivity contribution in [2.45, 2.75) is 32.3 Å². The van der Waals surface area contributed by atoms with Gasteiger partial charge < -0.3 is 4.74 Å². The van der Waals surface area contributed by atoms with Crippen LogP contribution >= 0.6 is 23.2 Å². The summed E-state index contributed by atoms with van der Waals surface area (Å²) < 4.78 is 5.63. The molecule has 0 N–H and O–H groups in total. The Kier molecular flexibility index (Phi) is 2.88. The highest BCUT2D eigenvalue weighted by molar-refractivity contribution is 6.34. The number of halogens is 2. The van der Waals surface area contributed by atoms with Crippen LogP contribution in [0.4, 0.5) is 0 Å². The summed E-state index contributed by atoms with van der Waals surface area (Å²) >= 11 is 11.9. The molecular weight excluding hydrogens is 235 g/mol. The molecule has 1 aromatic heterocycles. The highest BCUT2D eigenvalue weighted by Gasteiger charge is 2.35. The quantitative estimate of drug-likeness (QED) is 0.715. The van der Waals surface area contributed by atoms with Gasteiger partial charge in [0.2, 0.25) is 0 Å². The van der Waals surface area contributed by atoms with Gasteiger partial charge in [0.25, 0.3) is 0 Å². The molecule has 0 saturated carbocycles. The molecule has 5 heteroatoms. The third-order valence-corrected chi connectivity index (χ3v) is 3.45. The second kappa shape index (κ2) is 3.89. The average Bonchev–Trinajstić information content (AvgIpc) is 2.62. The second-order valence-corrected chi connectivity index (χ2v) is 4.65. The van der Waals surface area contributed by atoms with Crippen LogP contribution in [0.25, 0.3) is 0 Å². The molecule has 0 radical (unpaired) electrons. The minimum Gasteiger partial charge on any atom is -0.367 e. The first-order chi connectivity index (χ1) is 7.03. The summed E-state index contributed by atoms with van der Waals surface area (Å²) in [5, 5.41) is 0.809. The Hall–Kier alpha value is -0.380. The van der Waals surface area contributed by atoms with Gasteiger partial charge in [-0.2, -0.15) is 0 Å². The molecule has 0 spiro atoms. The van der Waals surface area contributed by atoms with Gasteiger partial charge in [0.15, 0.2) is 5.82 Å². The van der Waals surface area contributed by atoms with E-state index in [2.05, 4.69) is 9.97 Å². The molecule has 0 aromatic carbocycles. The molecule has 1 saturated heterocycles. The van der Waals surface area contributed by atoms with Gasteiger partial charge in [0.1, 0.15) is 15.9 Å². The van der Waals surface area contributed by atoms with Crippen LogP contribution in [0.5, 0.6) is 0 Å². The van der Waals surface area contributed by atoms with Crippen molar-refractivity contribution in [1.82, 2.24) is 9.97 Å². The maximum atomic E-state index is 5.97. The van der Waals surface area contributed by atoms with E-state index in [9.17, 15) is 0 Å². The van der Waals surface area contributed by atoms with Crippen molar-refractivity contribution in [3.63, 3.8) is 0 Å². The van der Waals surface area contributed by atoms with Crippen LogP contribution in [0.3, 0.4) is 0 Å². The van der Waals surface area contributed by atoms with Crippen LogP contribution in [-0.2, 0) is 10.3 Å². The fourth-order valence-corrected chi connectivity index (χ4v) is 2.04. The van der Waals surface area contributed by atoms with Gasteiger partial charge in [-0.1, -0.05) is 23.2 Å². The summed E-state index contributed by atoms with van der Waals surface area (Å²) in [5.74, 6) is 0.584. The SMILES string of the molecule is Cc1c(Cl)nc(C2(C)CCCO2)nc1Cl. The lowest BCUT2D eigenvalue weighted by atomic mass is 10.0. The molecule has 82 valence electrons. The zero-order chi connectivity index (χ0) is 11.1. The van der Waals surface area contributed by atoms with E-state index in [1.54, 1.807) is 6.92 Å². The van der Waals surface area contributed by atoms with E-state index in [4.69, 9.17) is 27.9 Å². The lowest BCUT2D eigenvalue weighted by Crippen LogP contribution is -2.23. The van der Waals surface area contributed by atoms with Crippen molar-refractivity contribution in [2.75, 3.05) is 6.61 Å². The summed E-state index contributed by atoms with van der Waals surface area (Å²) in [7, 11) is 0. The van der Waals surface area contributed by atoms with Crippen LogP contribution < -0.4 is 0 Å². The number of ether oxygens (including phenoxy) is 1. The smallest absolute Gasteiger partial charge is 0.163 e. The largest absolute Gasteiger partial charge is 0.367 e. The minimum atomic E-state index is -0.430. The Morgan fingerprint density at radius 2 is 1.87 bits per heavy atom. The molecule has 1 aromatic rings. The Balaban J connectivity index is 2.45. The van der Waals surface area contributed by atoms with Crippen molar-refractivity contribution in [2.24, 2.45) is 0 Å². The first kappa shape index (κ1) is 11.1. The average molecular weight is 247 g/mol. The lowest BCUT2D eigenvalue weighted by Gasteiger charge is -2.21. The molecule has 0 bridgehead atoms. The van der Waals surface area contributed by atoms with Crippen molar-refractivity contribution in [3.8, 4) is 0 Å². The van der Waals surface area contributed by atoms with Gasteiger partial charge in [0, 0.05) is 12.2 Å². The van der Waals surface area contributed by atoms with Crippen LogP contribution in [0, 0.1) is 6.92 Å². The molecule has 0 aliphatic carbocycles. The van der Waals surface area contributed by atoms with E-state index in [0.717, 1.165) is 19.4 Å². The monoisotopic (exact) mass is 246 g/mol. The number of hydrogen-bond acceptors (Lipinski definition) is 3. The summed E-state index contributed by atoms with van der Waals surface area (Å²) in [5.41, 5.74) is 0.282. The van der Waals surface area contributed by atoms with Crippen LogP contribution in [-0.4, -0.2) is 16.6 Å². The van der Waals surface area contributed by atoms with E-state index < -0.39 is 5.60 Å². The number of hydrogen-bond donors (Lipinski definition) is 0. The third-order valence-electron chi connectivity index (χ3n) is 2.72. The van der Waals surface area contributed by atoms with Gasteiger partial charge in [0.05, 0.1) is 0 Å². The Morgan fingerprint density at radius 3 is 2.33 bits per heavy atom. The predicted octanol–water partition coefficient (Wildman–Crippen LogP) is 3.12. The van der Waals surface area contributed by atoms with Gasteiger partial charge in [-0.25, -0.2) is 9.97 Å². The van der Waals surface area contributed by atoms with E-state index in [0.29, 0.717) is 21.7 Å². The van der Waals surface area contributed by atoms with Crippen LogP contribution in [0.2, 0.25) is 10.3 Å². The summed E-state index contributed by atoms with van der Waals surface area (Å²) in [6.45, 7) is 4.51. The van der Waals surface area contributed by atoms with Crippen molar-refractivity contribution in [3.05, 3.63) is 21.7 Å². The Morgan fingerprint density at radius 1 is 1.27 bits per heavy atom. The van der Waals surface area contributed by atoms with E-state index in [1.165, 1.54) is 0 Å². The summed E-state index contributed by atoms with van der Waals surface area (Å²) in [4.78, 5) is 8.46. The van der Waals surface area contributed by atoms with Crippen LogP contribution in [0.1, 0.15) is 31.2 Å². The highest BCUT2D eigenvalue weighted by Crippen LogP contribution is 2.35. The fourth-order valence-electron chi connectivity index (χ4n) is 1.66. The van der Waals surface area contributed by atoms with Crippen LogP contribution in [0.15, 0.2) is 0 Å². The normalized spacial score (nSPS) is 25.9. The molecule has 1 aliphatic rings. The topological polar surface area (TPSA) is 35.0 Å². The third kappa shape index (κ3) is 1.96. The summed E-state index contributed by atoms with van der Waals surface area (Å²) in [6.07, 6.45) is 1.92. The number of aromatic nitrogens is 2. The minimum absolute atomic E-state index is 0.404. The molecule has 15 heavy (non-hydrogen) atoms. The predicted molar refractivity (Wildman–Crippen MR) is 59.3 cm³/mol. The molecule has 3 nitrogen and oxygen atoms in total. The summed E-state index contributed by atoms with van der Waals surface area (Å²) in [6, 6.07) is 0. The maximum Gasteiger partial charge on any atom is 0.163 e. The molecule has 1 atom stereocenters. The second-order valence-electron chi connectivity index (χ2n) is 3.94. The first-order valence-electron chi connectivity index (χ1n) is 4.87. The highest BCUT2D eigenvalue weighted by atomic mass is 35.5. The first-order valence-corrected chi connectivity index (χ1v) is 5.62. The molecular formula is C10H12Cl2N2O. The molecule has 2 heterocycles. The van der Waals surface area contributed by atoms with Gasteiger partial charge in [-0.15, -0.1) is 0 Å². The van der Waals surface area contributed by atoms with Gasteiger partial charge in [-0.3, -0.25) is 0 Å².